The number of hydrogen-bond acceptors (Lipinski definition) is 3. The zero-order valence-corrected chi connectivity index (χ0v) is 19.0. The zero-order chi connectivity index (χ0) is 22.3. The molecule has 5 heteroatoms. The first-order valence-corrected chi connectivity index (χ1v) is 10.8. The third kappa shape index (κ3) is 2.47. The van der Waals surface area contributed by atoms with E-state index in [9.17, 15) is 4.79 Å². The quantitative estimate of drug-likeness (QED) is 0.712. The van der Waals surface area contributed by atoms with E-state index in [1.807, 2.05) is 13.8 Å². The Morgan fingerprint density at radius 3 is 2.68 bits per heavy atom. The Hall–Kier alpha value is -3.17. The highest BCUT2D eigenvalue weighted by molar-refractivity contribution is 6.08. The minimum absolute atomic E-state index is 0.00255. The van der Waals surface area contributed by atoms with Crippen molar-refractivity contribution < 1.29 is 4.79 Å². The molecular formula is C26H29N4O+. The Balaban J connectivity index is 1.74. The van der Waals surface area contributed by atoms with Crippen molar-refractivity contribution in [3.05, 3.63) is 69.8 Å². The van der Waals surface area contributed by atoms with Crippen molar-refractivity contribution in [1.29, 1.82) is 0 Å². The summed E-state index contributed by atoms with van der Waals surface area (Å²) in [6.45, 7) is 10.6. The SMILES string of the molecule is CC1=[N+]=c2cc([C@@]3(C)N=C(N)N(C)C(=O)C34C3=CC=C(C(C)(C)C)C=CC34)ccc2=C1. The number of hydrogen-bond donors (Lipinski definition) is 1. The predicted molar refractivity (Wildman–Crippen MR) is 125 cm³/mol. The van der Waals surface area contributed by atoms with Gasteiger partial charge in [0.2, 0.25) is 5.91 Å². The first-order chi connectivity index (χ1) is 14.5. The number of benzene rings is 1. The topological polar surface area (TPSA) is 72.8 Å². The van der Waals surface area contributed by atoms with Crippen LogP contribution in [0.15, 0.2) is 58.6 Å². The summed E-state index contributed by atoms with van der Waals surface area (Å²) in [5.74, 6) is 0.245. The van der Waals surface area contributed by atoms with Gasteiger partial charge in [0.05, 0.1) is 5.22 Å². The zero-order valence-electron chi connectivity index (χ0n) is 19.0. The van der Waals surface area contributed by atoms with E-state index in [1.165, 1.54) is 10.5 Å². The molecule has 0 radical (unpaired) electrons. The van der Waals surface area contributed by atoms with Crippen molar-refractivity contribution in [3.63, 3.8) is 0 Å². The van der Waals surface area contributed by atoms with E-state index >= 15 is 0 Å². The maximum atomic E-state index is 13.8. The third-order valence-electron chi connectivity index (χ3n) is 7.30. The predicted octanol–water partition coefficient (Wildman–Crippen LogP) is 1.72. The highest BCUT2D eigenvalue weighted by Gasteiger charge is 2.75. The molecule has 1 spiro atoms. The van der Waals surface area contributed by atoms with Crippen LogP contribution in [0.1, 0.15) is 40.2 Å². The molecule has 2 aliphatic carbocycles. The lowest BCUT2D eigenvalue weighted by Crippen LogP contribution is -2.56. The molecule has 0 aromatic heterocycles. The summed E-state index contributed by atoms with van der Waals surface area (Å²) in [6, 6.07) is 6.20. The van der Waals surface area contributed by atoms with Crippen LogP contribution in [-0.4, -0.2) is 29.5 Å². The second-order valence-electron chi connectivity index (χ2n) is 10.2. The van der Waals surface area contributed by atoms with Gasteiger partial charge in [0.1, 0.15) is 11.0 Å². The molecule has 1 fully saturated rings. The average Bonchev–Trinajstić information content (AvgIpc) is 3.25. The smallest absolute Gasteiger partial charge is 0.335 e. The van der Waals surface area contributed by atoms with Crippen LogP contribution in [0.5, 0.6) is 0 Å². The maximum Gasteiger partial charge on any atom is 0.335 e. The van der Waals surface area contributed by atoms with E-state index < -0.39 is 11.0 Å². The standard InChI is InChI=1S/C26H29N4O/c1-15-13-16-7-8-18(14-21(16)28-15)25(5)26(22(31)30(6)23(27)29-25)19-11-9-17(24(2,3)4)10-12-20(19)26/h7-14,19H,1-6H3,(H2,27,29)/q+1/t19?,25-,26?/m1/s1. The highest BCUT2D eigenvalue weighted by atomic mass is 16.2. The Morgan fingerprint density at radius 2 is 1.97 bits per heavy atom. The normalized spacial score (nSPS) is 31.0. The van der Waals surface area contributed by atoms with Gasteiger partial charge >= 0.3 is 11.1 Å². The lowest BCUT2D eigenvalue weighted by atomic mass is 9.72. The number of fused-ring (bicyclic) bond motifs is 4. The number of nitrogens with zero attached hydrogens (tertiary/aromatic N) is 3. The van der Waals surface area contributed by atoms with Gasteiger partial charge in [0.25, 0.3) is 0 Å². The van der Waals surface area contributed by atoms with Crippen LogP contribution in [0, 0.1) is 16.7 Å². The Kier molecular flexibility index (Phi) is 3.80. The molecular weight excluding hydrogens is 384 g/mol. The van der Waals surface area contributed by atoms with Gasteiger partial charge < -0.3 is 5.73 Å². The molecule has 2 unspecified atom stereocenters. The van der Waals surface area contributed by atoms with Crippen LogP contribution in [0.25, 0.3) is 6.08 Å². The molecule has 1 saturated carbocycles. The number of rotatable bonds is 1. The fraction of sp³-hybridized carbons (Fsp3) is 0.385. The maximum absolute atomic E-state index is 13.8. The Bertz CT molecular complexity index is 1330. The lowest BCUT2D eigenvalue weighted by molar-refractivity contribution is -0.135. The molecule has 2 N–H and O–H groups in total. The van der Waals surface area contributed by atoms with E-state index in [2.05, 4.69) is 74.0 Å². The summed E-state index contributed by atoms with van der Waals surface area (Å²) in [7, 11) is 1.71. The number of amides is 1. The minimum atomic E-state index is -0.810. The van der Waals surface area contributed by atoms with Crippen molar-refractivity contribution in [2.45, 2.75) is 40.2 Å². The Labute approximate surface area is 182 Å². The van der Waals surface area contributed by atoms with Crippen molar-refractivity contribution in [2.24, 2.45) is 27.5 Å². The van der Waals surface area contributed by atoms with Crippen LogP contribution in [-0.2, 0) is 10.3 Å². The van der Waals surface area contributed by atoms with E-state index in [4.69, 9.17) is 10.7 Å². The van der Waals surface area contributed by atoms with Crippen molar-refractivity contribution in [3.8, 4) is 0 Å². The molecule has 0 saturated heterocycles. The Morgan fingerprint density at radius 1 is 1.23 bits per heavy atom. The summed E-state index contributed by atoms with van der Waals surface area (Å²) >= 11 is 0. The molecule has 31 heavy (non-hydrogen) atoms. The van der Waals surface area contributed by atoms with Gasteiger partial charge in [-0.25, -0.2) is 4.99 Å². The van der Waals surface area contributed by atoms with Gasteiger partial charge in [0, 0.05) is 32.0 Å². The lowest BCUT2D eigenvalue weighted by Gasteiger charge is -2.41. The van der Waals surface area contributed by atoms with E-state index in [-0.39, 0.29) is 23.2 Å². The summed E-state index contributed by atoms with van der Waals surface area (Å²) in [4.78, 5) is 20.2. The highest BCUT2D eigenvalue weighted by Crippen LogP contribution is 2.71. The molecule has 5 nitrogen and oxygen atoms in total. The molecule has 2 aliphatic heterocycles. The van der Waals surface area contributed by atoms with Gasteiger partial charge in [-0.2, -0.15) is 0 Å². The van der Waals surface area contributed by atoms with Gasteiger partial charge in [-0.15, -0.1) is 0 Å². The molecule has 5 rings (SSSR count). The molecule has 1 amide bonds. The molecule has 1 aromatic carbocycles. The minimum Gasteiger partial charge on any atom is -0.369 e. The second kappa shape index (κ2) is 5.95. The van der Waals surface area contributed by atoms with Crippen LogP contribution >= 0.6 is 0 Å². The van der Waals surface area contributed by atoms with E-state index in [1.54, 1.807) is 7.05 Å². The second-order valence-corrected chi connectivity index (χ2v) is 10.2. The van der Waals surface area contributed by atoms with Crippen LogP contribution in [0.3, 0.4) is 0 Å². The number of guanidine groups is 1. The first-order valence-electron chi connectivity index (χ1n) is 10.8. The number of nitrogens with two attached hydrogens (primary N) is 1. The van der Waals surface area contributed by atoms with E-state index in [0.717, 1.165) is 27.4 Å². The number of allylic oxidation sites excluding steroid dienone is 5. The first kappa shape index (κ1) is 19.8. The van der Waals surface area contributed by atoms with Gasteiger partial charge in [-0.05, 0) is 35.1 Å². The third-order valence-corrected chi connectivity index (χ3v) is 7.30. The van der Waals surface area contributed by atoms with Crippen molar-refractivity contribution in [2.75, 3.05) is 7.05 Å². The van der Waals surface area contributed by atoms with Gasteiger partial charge in [0.15, 0.2) is 5.96 Å². The fourth-order valence-corrected chi connectivity index (χ4v) is 5.41. The van der Waals surface area contributed by atoms with Crippen LogP contribution in [0.4, 0.5) is 0 Å². The van der Waals surface area contributed by atoms with Gasteiger partial charge in [-0.1, -0.05) is 55.8 Å². The molecule has 158 valence electrons. The molecule has 0 bridgehead atoms. The molecule has 3 atom stereocenters. The number of aliphatic imine (C=N–C) groups is 1. The summed E-state index contributed by atoms with van der Waals surface area (Å²) in [5.41, 5.74) is 9.00. The number of carbonyl (C=O) groups excluding carboxylic acids is 1. The summed E-state index contributed by atoms with van der Waals surface area (Å²) in [6.07, 6.45) is 10.7. The fourth-order valence-electron chi connectivity index (χ4n) is 5.41. The summed E-state index contributed by atoms with van der Waals surface area (Å²) < 4.78 is 4.65. The van der Waals surface area contributed by atoms with Gasteiger partial charge in [-0.3, -0.25) is 9.69 Å². The largest absolute Gasteiger partial charge is 0.369 e. The molecule has 2 heterocycles. The molecule has 4 aliphatic rings. The average molecular weight is 414 g/mol. The van der Waals surface area contributed by atoms with Crippen molar-refractivity contribution >= 4 is 23.7 Å². The van der Waals surface area contributed by atoms with E-state index in [0.29, 0.717) is 0 Å². The van der Waals surface area contributed by atoms with Crippen LogP contribution < -0.4 is 21.0 Å². The molecule has 1 aromatic rings. The van der Waals surface area contributed by atoms with Crippen molar-refractivity contribution in [1.82, 2.24) is 9.57 Å². The number of carbonyl (C=O) groups is 1. The van der Waals surface area contributed by atoms with Crippen LogP contribution in [0.2, 0.25) is 0 Å². The summed E-state index contributed by atoms with van der Waals surface area (Å²) in [5, 5.41) is 2.02. The monoisotopic (exact) mass is 413 g/mol.